The van der Waals surface area contributed by atoms with E-state index in [-0.39, 0.29) is 11.3 Å². The number of carboxylic acid groups (broad SMARTS) is 1. The molecule has 2 aromatic rings. The van der Waals surface area contributed by atoms with Gasteiger partial charge in [0.1, 0.15) is 5.75 Å². The van der Waals surface area contributed by atoms with Gasteiger partial charge in [-0.3, -0.25) is 4.79 Å². The van der Waals surface area contributed by atoms with Crippen molar-refractivity contribution in [3.05, 3.63) is 70.3 Å². The molecule has 0 amide bonds. The first kappa shape index (κ1) is 15.0. The molecular formula is C19H16O4. The summed E-state index contributed by atoms with van der Waals surface area (Å²) in [6, 6.07) is 12.0. The van der Waals surface area contributed by atoms with Gasteiger partial charge in [0.05, 0.1) is 17.7 Å². The predicted octanol–water partition coefficient (Wildman–Crippen LogP) is 3.74. The van der Waals surface area contributed by atoms with Crippen LogP contribution in [0.15, 0.2) is 48.0 Å². The molecule has 1 heterocycles. The Morgan fingerprint density at radius 3 is 2.61 bits per heavy atom. The van der Waals surface area contributed by atoms with Gasteiger partial charge in [0.25, 0.3) is 0 Å². The number of carbonyl (C=O) groups excluding carboxylic acids is 1. The minimum atomic E-state index is -0.965. The summed E-state index contributed by atoms with van der Waals surface area (Å²) in [5, 5.41) is 8.93. The number of ketones is 1. The van der Waals surface area contributed by atoms with Crippen molar-refractivity contribution < 1.29 is 19.4 Å². The molecule has 0 unspecified atom stereocenters. The summed E-state index contributed by atoms with van der Waals surface area (Å²) in [6.07, 6.45) is 2.32. The number of aromatic carboxylic acids is 1. The third-order valence-corrected chi connectivity index (χ3v) is 3.86. The van der Waals surface area contributed by atoms with Crippen molar-refractivity contribution in [1.82, 2.24) is 0 Å². The minimum absolute atomic E-state index is 0.0384. The van der Waals surface area contributed by atoms with Crippen LogP contribution in [0.4, 0.5) is 0 Å². The standard InChI is InChI=1S/C19H16O4/c1-12-3-2-4-16-17(20)15(9-10-23-18(12)16)11-13-5-7-14(8-6-13)19(21)22/h2-8,11H,9-10H2,1H3,(H,21,22). The molecule has 3 rings (SSSR count). The summed E-state index contributed by atoms with van der Waals surface area (Å²) >= 11 is 0. The van der Waals surface area contributed by atoms with Gasteiger partial charge in [0.2, 0.25) is 0 Å². The Morgan fingerprint density at radius 2 is 1.91 bits per heavy atom. The van der Waals surface area contributed by atoms with Gasteiger partial charge in [-0.25, -0.2) is 4.79 Å². The molecule has 1 N–H and O–H groups in total. The molecule has 116 valence electrons. The van der Waals surface area contributed by atoms with Crippen LogP contribution in [-0.2, 0) is 0 Å². The molecule has 0 radical (unpaired) electrons. The minimum Gasteiger partial charge on any atom is -0.492 e. The number of aryl methyl sites for hydroxylation is 1. The lowest BCUT2D eigenvalue weighted by Gasteiger charge is -2.08. The average Bonchev–Trinajstić information content (AvgIpc) is 2.69. The number of hydrogen-bond acceptors (Lipinski definition) is 3. The highest BCUT2D eigenvalue weighted by atomic mass is 16.5. The Hall–Kier alpha value is -2.88. The summed E-state index contributed by atoms with van der Waals surface area (Å²) in [7, 11) is 0. The average molecular weight is 308 g/mol. The maximum atomic E-state index is 12.7. The monoisotopic (exact) mass is 308 g/mol. The highest BCUT2D eigenvalue weighted by Gasteiger charge is 2.22. The van der Waals surface area contributed by atoms with Gasteiger partial charge in [0.15, 0.2) is 5.78 Å². The number of rotatable bonds is 2. The van der Waals surface area contributed by atoms with Crippen LogP contribution >= 0.6 is 0 Å². The van der Waals surface area contributed by atoms with E-state index in [1.54, 1.807) is 24.3 Å². The summed E-state index contributed by atoms with van der Waals surface area (Å²) < 4.78 is 5.73. The van der Waals surface area contributed by atoms with Crippen LogP contribution in [0.2, 0.25) is 0 Å². The second-order valence-electron chi connectivity index (χ2n) is 5.48. The van der Waals surface area contributed by atoms with Gasteiger partial charge in [-0.1, -0.05) is 24.3 Å². The first-order valence-electron chi connectivity index (χ1n) is 7.37. The van der Waals surface area contributed by atoms with Gasteiger partial charge < -0.3 is 9.84 Å². The second-order valence-corrected chi connectivity index (χ2v) is 5.48. The Balaban J connectivity index is 1.96. The lowest BCUT2D eigenvalue weighted by Crippen LogP contribution is -2.02. The first-order valence-corrected chi connectivity index (χ1v) is 7.37. The normalized spacial score (nSPS) is 15.7. The van der Waals surface area contributed by atoms with Crippen LogP contribution in [0.25, 0.3) is 6.08 Å². The Labute approximate surface area is 134 Å². The molecule has 0 saturated heterocycles. The van der Waals surface area contributed by atoms with Gasteiger partial charge >= 0.3 is 5.97 Å². The van der Waals surface area contributed by atoms with Crippen molar-refractivity contribution in [2.45, 2.75) is 13.3 Å². The molecule has 1 aliphatic heterocycles. The lowest BCUT2D eigenvalue weighted by molar-refractivity contribution is 0.0696. The molecule has 0 fully saturated rings. The summed E-state index contributed by atoms with van der Waals surface area (Å²) in [5.41, 5.74) is 3.22. The molecule has 0 aliphatic carbocycles. The molecule has 4 nitrogen and oxygen atoms in total. The highest BCUT2D eigenvalue weighted by molar-refractivity contribution is 6.13. The molecule has 0 spiro atoms. The Morgan fingerprint density at radius 1 is 1.17 bits per heavy atom. The highest BCUT2D eigenvalue weighted by Crippen LogP contribution is 2.30. The van der Waals surface area contributed by atoms with Crippen molar-refractivity contribution in [3.63, 3.8) is 0 Å². The Kier molecular flexibility index (Phi) is 3.98. The first-order chi connectivity index (χ1) is 11.1. The van der Waals surface area contributed by atoms with Crippen molar-refractivity contribution in [2.24, 2.45) is 0 Å². The van der Waals surface area contributed by atoms with Gasteiger partial charge in [0, 0.05) is 12.0 Å². The fraction of sp³-hybridized carbons (Fsp3) is 0.158. The van der Waals surface area contributed by atoms with Gasteiger partial charge in [-0.15, -0.1) is 0 Å². The fourth-order valence-electron chi connectivity index (χ4n) is 2.63. The van der Waals surface area contributed by atoms with Crippen molar-refractivity contribution in [1.29, 1.82) is 0 Å². The van der Waals surface area contributed by atoms with Gasteiger partial charge in [-0.05, 0) is 42.3 Å². The van der Waals surface area contributed by atoms with Crippen molar-refractivity contribution in [3.8, 4) is 5.75 Å². The zero-order chi connectivity index (χ0) is 16.4. The smallest absolute Gasteiger partial charge is 0.335 e. The summed E-state index contributed by atoms with van der Waals surface area (Å²) in [6.45, 7) is 2.37. The third kappa shape index (κ3) is 3.01. The zero-order valence-corrected chi connectivity index (χ0v) is 12.7. The third-order valence-electron chi connectivity index (χ3n) is 3.86. The zero-order valence-electron chi connectivity index (χ0n) is 12.7. The maximum absolute atomic E-state index is 12.7. The van der Waals surface area contributed by atoms with Crippen LogP contribution in [0.1, 0.15) is 38.3 Å². The number of carboxylic acids is 1. The van der Waals surface area contributed by atoms with E-state index in [0.717, 1.165) is 11.1 Å². The van der Waals surface area contributed by atoms with E-state index in [1.807, 2.05) is 19.1 Å². The van der Waals surface area contributed by atoms with Crippen LogP contribution in [-0.4, -0.2) is 23.5 Å². The van der Waals surface area contributed by atoms with E-state index in [0.29, 0.717) is 29.9 Å². The lowest BCUT2D eigenvalue weighted by atomic mass is 9.97. The number of benzene rings is 2. The van der Waals surface area contributed by atoms with E-state index >= 15 is 0 Å². The largest absolute Gasteiger partial charge is 0.492 e. The number of Topliss-reactive ketones (excluding diaryl/α,β-unsaturated/α-hetero) is 1. The van der Waals surface area contributed by atoms with Crippen molar-refractivity contribution >= 4 is 17.8 Å². The quantitative estimate of drug-likeness (QED) is 0.858. The SMILES string of the molecule is Cc1cccc2c1OCCC(=Cc1ccc(C(=O)O)cc1)C2=O. The van der Waals surface area contributed by atoms with E-state index in [1.165, 1.54) is 12.1 Å². The van der Waals surface area contributed by atoms with Crippen LogP contribution < -0.4 is 4.74 Å². The van der Waals surface area contributed by atoms with Gasteiger partial charge in [-0.2, -0.15) is 0 Å². The molecule has 0 saturated carbocycles. The second kappa shape index (κ2) is 6.08. The molecular weight excluding hydrogens is 292 g/mol. The van der Waals surface area contributed by atoms with E-state index in [2.05, 4.69) is 0 Å². The molecule has 0 bridgehead atoms. The number of fused-ring (bicyclic) bond motifs is 1. The van der Waals surface area contributed by atoms with Crippen molar-refractivity contribution in [2.75, 3.05) is 6.61 Å². The van der Waals surface area contributed by atoms with Crippen LogP contribution in [0, 0.1) is 6.92 Å². The summed E-state index contributed by atoms with van der Waals surface area (Å²) in [4.78, 5) is 23.6. The molecule has 2 aromatic carbocycles. The maximum Gasteiger partial charge on any atom is 0.335 e. The number of ether oxygens (including phenoxy) is 1. The number of hydrogen-bond donors (Lipinski definition) is 1. The van der Waals surface area contributed by atoms with E-state index in [4.69, 9.17) is 9.84 Å². The summed E-state index contributed by atoms with van der Waals surface area (Å²) in [5.74, 6) is -0.349. The number of para-hydroxylation sites is 1. The topological polar surface area (TPSA) is 63.6 Å². The fourth-order valence-corrected chi connectivity index (χ4v) is 2.63. The van der Waals surface area contributed by atoms with E-state index < -0.39 is 5.97 Å². The molecule has 0 atom stereocenters. The predicted molar refractivity (Wildman–Crippen MR) is 87.0 cm³/mol. The van der Waals surface area contributed by atoms with E-state index in [9.17, 15) is 9.59 Å². The van der Waals surface area contributed by atoms with Crippen LogP contribution in [0.3, 0.4) is 0 Å². The molecule has 0 aromatic heterocycles. The molecule has 1 aliphatic rings. The number of carbonyl (C=O) groups is 2. The Bertz CT molecular complexity index is 801. The molecule has 4 heteroatoms. The molecule has 23 heavy (non-hydrogen) atoms. The van der Waals surface area contributed by atoms with Crippen LogP contribution in [0.5, 0.6) is 5.75 Å².